The Morgan fingerprint density at radius 2 is 2.32 bits per heavy atom. The molecule has 2 N–H and O–H groups in total. The number of ether oxygens (including phenoxy) is 1. The van der Waals surface area contributed by atoms with Crippen molar-refractivity contribution in [2.75, 3.05) is 31.6 Å². The van der Waals surface area contributed by atoms with Gasteiger partial charge in [0, 0.05) is 36.8 Å². The molecule has 1 aliphatic rings. The number of amides is 1. The number of thiazole rings is 1. The summed E-state index contributed by atoms with van der Waals surface area (Å²) >= 11 is 1.66. The first-order chi connectivity index (χ1) is 13.7. The van der Waals surface area contributed by atoms with E-state index >= 15 is 0 Å². The van der Waals surface area contributed by atoms with Crippen LogP contribution in [0.5, 0.6) is 5.75 Å². The summed E-state index contributed by atoms with van der Waals surface area (Å²) in [5.74, 6) is 1.00. The number of H-pyrrole nitrogens is 1. The van der Waals surface area contributed by atoms with Crippen molar-refractivity contribution >= 4 is 22.4 Å². The highest BCUT2D eigenvalue weighted by Crippen LogP contribution is 2.28. The molecule has 0 saturated carbocycles. The van der Waals surface area contributed by atoms with E-state index in [2.05, 4.69) is 25.4 Å². The molecule has 4 rings (SSSR count). The molecule has 8 heteroatoms. The van der Waals surface area contributed by atoms with Crippen LogP contribution in [-0.2, 0) is 0 Å². The summed E-state index contributed by atoms with van der Waals surface area (Å²) in [6, 6.07) is 9.38. The molecule has 0 bridgehead atoms. The second kappa shape index (κ2) is 8.43. The van der Waals surface area contributed by atoms with Crippen LogP contribution in [0.4, 0.5) is 5.13 Å². The van der Waals surface area contributed by atoms with E-state index in [1.54, 1.807) is 24.5 Å². The van der Waals surface area contributed by atoms with Gasteiger partial charge >= 0.3 is 0 Å². The van der Waals surface area contributed by atoms with E-state index in [-0.39, 0.29) is 5.91 Å². The molecule has 2 aromatic heterocycles. The standard InChI is InChI=1S/C20H23N5O2S/c1-27-18-7-3-2-6-15(18)16-11-17(24-23-16)19(26)22-12-14-5-4-9-25(13-14)20-21-8-10-28-20/h2-3,6-8,10-11,14H,4-5,9,12-13H2,1H3,(H,22,26)(H,23,24). The lowest BCUT2D eigenvalue weighted by atomic mass is 9.98. The average Bonchev–Trinajstić information content (AvgIpc) is 3.44. The third-order valence-electron chi connectivity index (χ3n) is 4.97. The topological polar surface area (TPSA) is 83.1 Å². The number of benzene rings is 1. The van der Waals surface area contributed by atoms with E-state index in [1.165, 1.54) is 0 Å². The molecule has 1 atom stereocenters. The molecule has 7 nitrogen and oxygen atoms in total. The van der Waals surface area contributed by atoms with E-state index in [0.717, 1.165) is 42.4 Å². The summed E-state index contributed by atoms with van der Waals surface area (Å²) in [5.41, 5.74) is 2.00. The molecule has 3 aromatic rings. The highest BCUT2D eigenvalue weighted by atomic mass is 32.1. The smallest absolute Gasteiger partial charge is 0.269 e. The summed E-state index contributed by atoms with van der Waals surface area (Å²) < 4.78 is 5.37. The van der Waals surface area contributed by atoms with Crippen LogP contribution in [0.15, 0.2) is 41.9 Å². The third-order valence-corrected chi connectivity index (χ3v) is 5.80. The van der Waals surface area contributed by atoms with Crippen molar-refractivity contribution in [2.45, 2.75) is 12.8 Å². The van der Waals surface area contributed by atoms with Gasteiger partial charge in [-0.25, -0.2) is 4.98 Å². The molecular weight excluding hydrogens is 374 g/mol. The minimum Gasteiger partial charge on any atom is -0.496 e. The Morgan fingerprint density at radius 3 is 3.14 bits per heavy atom. The first-order valence-corrected chi connectivity index (χ1v) is 10.2. The van der Waals surface area contributed by atoms with Crippen LogP contribution in [0.3, 0.4) is 0 Å². The maximum Gasteiger partial charge on any atom is 0.269 e. The van der Waals surface area contributed by atoms with Crippen LogP contribution in [0.1, 0.15) is 23.3 Å². The lowest BCUT2D eigenvalue weighted by Crippen LogP contribution is -2.41. The van der Waals surface area contributed by atoms with Crippen LogP contribution >= 0.6 is 11.3 Å². The summed E-state index contributed by atoms with van der Waals surface area (Å²) in [4.78, 5) is 19.3. The first kappa shape index (κ1) is 18.5. The third kappa shape index (κ3) is 4.01. The molecule has 1 aliphatic heterocycles. The molecule has 3 heterocycles. The van der Waals surface area contributed by atoms with E-state index in [1.807, 2.05) is 35.8 Å². The zero-order valence-corrected chi connectivity index (χ0v) is 16.5. The Morgan fingerprint density at radius 1 is 1.43 bits per heavy atom. The largest absolute Gasteiger partial charge is 0.496 e. The SMILES string of the molecule is COc1ccccc1-c1cc(C(=O)NCC2CCCN(c3nccs3)C2)[nH]n1. The molecule has 0 spiro atoms. The van der Waals surface area contributed by atoms with Crippen molar-refractivity contribution in [3.05, 3.63) is 47.6 Å². The van der Waals surface area contributed by atoms with Gasteiger partial charge in [-0.3, -0.25) is 9.89 Å². The number of aromatic nitrogens is 3. The normalized spacial score (nSPS) is 16.8. The summed E-state index contributed by atoms with van der Waals surface area (Å²) in [5, 5.41) is 13.2. The number of carbonyl (C=O) groups excluding carboxylic acids is 1. The molecular formula is C20H23N5O2S. The Balaban J connectivity index is 1.36. The number of para-hydroxylation sites is 1. The first-order valence-electron chi connectivity index (χ1n) is 9.36. The van der Waals surface area contributed by atoms with Crippen LogP contribution in [-0.4, -0.2) is 47.8 Å². The van der Waals surface area contributed by atoms with Gasteiger partial charge in [-0.2, -0.15) is 5.10 Å². The predicted octanol–water partition coefficient (Wildman–Crippen LogP) is 3.19. The van der Waals surface area contributed by atoms with Gasteiger partial charge in [-0.05, 0) is 37.0 Å². The Bertz CT molecular complexity index is 924. The van der Waals surface area contributed by atoms with Crippen molar-refractivity contribution in [1.82, 2.24) is 20.5 Å². The number of anilines is 1. The Kier molecular flexibility index (Phi) is 5.57. The van der Waals surface area contributed by atoms with Crippen molar-refractivity contribution in [3.8, 4) is 17.0 Å². The monoisotopic (exact) mass is 397 g/mol. The summed E-state index contributed by atoms with van der Waals surface area (Å²) in [6.45, 7) is 2.59. The number of carbonyl (C=O) groups is 1. The molecule has 1 amide bonds. The number of nitrogens with zero attached hydrogens (tertiary/aromatic N) is 3. The second-order valence-corrected chi connectivity index (χ2v) is 7.72. The molecule has 1 aromatic carbocycles. The van der Waals surface area contributed by atoms with Crippen LogP contribution in [0.25, 0.3) is 11.3 Å². The number of nitrogens with one attached hydrogen (secondary N) is 2. The number of rotatable bonds is 6. The van der Waals surface area contributed by atoms with E-state index in [9.17, 15) is 4.79 Å². The number of aromatic amines is 1. The number of hydrogen-bond acceptors (Lipinski definition) is 6. The lowest BCUT2D eigenvalue weighted by Gasteiger charge is -2.32. The highest BCUT2D eigenvalue weighted by Gasteiger charge is 2.22. The molecule has 1 saturated heterocycles. The summed E-state index contributed by atoms with van der Waals surface area (Å²) in [7, 11) is 1.62. The highest BCUT2D eigenvalue weighted by molar-refractivity contribution is 7.13. The van der Waals surface area contributed by atoms with Crippen molar-refractivity contribution in [1.29, 1.82) is 0 Å². The van der Waals surface area contributed by atoms with Crippen LogP contribution < -0.4 is 15.0 Å². The number of hydrogen-bond donors (Lipinski definition) is 2. The van der Waals surface area contributed by atoms with Gasteiger partial charge in [-0.15, -0.1) is 11.3 Å². The van der Waals surface area contributed by atoms with Crippen LogP contribution in [0, 0.1) is 5.92 Å². The molecule has 0 radical (unpaired) electrons. The van der Waals surface area contributed by atoms with Crippen molar-refractivity contribution in [3.63, 3.8) is 0 Å². The van der Waals surface area contributed by atoms with Gasteiger partial charge in [-0.1, -0.05) is 12.1 Å². The zero-order valence-electron chi connectivity index (χ0n) is 15.7. The minimum absolute atomic E-state index is 0.139. The maximum atomic E-state index is 12.6. The van der Waals surface area contributed by atoms with Gasteiger partial charge in [0.2, 0.25) is 0 Å². The lowest BCUT2D eigenvalue weighted by molar-refractivity contribution is 0.0940. The molecule has 146 valence electrons. The van der Waals surface area contributed by atoms with Crippen molar-refractivity contribution in [2.24, 2.45) is 5.92 Å². The van der Waals surface area contributed by atoms with E-state index in [0.29, 0.717) is 23.9 Å². The summed E-state index contributed by atoms with van der Waals surface area (Å²) in [6.07, 6.45) is 4.06. The van der Waals surface area contributed by atoms with Gasteiger partial charge in [0.25, 0.3) is 5.91 Å². The van der Waals surface area contributed by atoms with E-state index in [4.69, 9.17) is 4.74 Å². The van der Waals surface area contributed by atoms with Gasteiger partial charge < -0.3 is 15.0 Å². The number of piperidine rings is 1. The van der Waals surface area contributed by atoms with E-state index < -0.39 is 0 Å². The fourth-order valence-electron chi connectivity index (χ4n) is 3.54. The quantitative estimate of drug-likeness (QED) is 0.667. The molecule has 1 unspecified atom stereocenters. The Hall–Kier alpha value is -2.87. The molecule has 28 heavy (non-hydrogen) atoms. The van der Waals surface area contributed by atoms with Crippen molar-refractivity contribution < 1.29 is 9.53 Å². The minimum atomic E-state index is -0.139. The zero-order chi connectivity index (χ0) is 19.3. The molecule has 0 aliphatic carbocycles. The van der Waals surface area contributed by atoms with Crippen LogP contribution in [0.2, 0.25) is 0 Å². The van der Waals surface area contributed by atoms with Gasteiger partial charge in [0.05, 0.1) is 12.8 Å². The fourth-order valence-corrected chi connectivity index (χ4v) is 4.22. The fraction of sp³-hybridized carbons (Fsp3) is 0.350. The second-order valence-electron chi connectivity index (χ2n) is 6.85. The Labute approximate surface area is 167 Å². The molecule has 1 fully saturated rings. The average molecular weight is 398 g/mol. The predicted molar refractivity (Wildman–Crippen MR) is 110 cm³/mol. The van der Waals surface area contributed by atoms with Gasteiger partial charge in [0.1, 0.15) is 11.4 Å². The number of methoxy groups -OCH3 is 1. The van der Waals surface area contributed by atoms with Gasteiger partial charge in [0.15, 0.2) is 5.13 Å². The maximum absolute atomic E-state index is 12.6.